The van der Waals surface area contributed by atoms with Crippen molar-refractivity contribution in [2.45, 2.75) is 33.2 Å². The van der Waals surface area contributed by atoms with E-state index in [0.29, 0.717) is 0 Å². The van der Waals surface area contributed by atoms with Gasteiger partial charge in [-0.25, -0.2) is 0 Å². The lowest BCUT2D eigenvalue weighted by atomic mass is 10.0. The second kappa shape index (κ2) is 3.94. The van der Waals surface area contributed by atoms with Crippen LogP contribution in [-0.2, 0) is 0 Å². The van der Waals surface area contributed by atoms with Crippen molar-refractivity contribution in [3.8, 4) is 0 Å². The van der Waals surface area contributed by atoms with Crippen molar-refractivity contribution in [2.24, 2.45) is 0 Å². The van der Waals surface area contributed by atoms with Crippen LogP contribution >= 0.6 is 0 Å². The molecule has 2 heteroatoms. The van der Waals surface area contributed by atoms with Crippen LogP contribution < -0.4 is 4.90 Å². The first-order valence-corrected chi connectivity index (χ1v) is 4.04. The summed E-state index contributed by atoms with van der Waals surface area (Å²) in [6, 6.07) is 0. The van der Waals surface area contributed by atoms with Gasteiger partial charge in [0.25, 0.3) is 0 Å². The van der Waals surface area contributed by atoms with Crippen molar-refractivity contribution in [1.82, 2.24) is 0 Å². The molecule has 0 aromatic carbocycles. The zero-order valence-corrected chi connectivity index (χ0v) is 7.57. The Balaban J connectivity index is 3.97. The van der Waals surface area contributed by atoms with E-state index in [1.165, 1.54) is 4.90 Å². The molecule has 0 amide bonds. The monoisotopic (exact) mass is 146 g/mol. The number of hydrogen-bond donors (Lipinski definition) is 2. The summed E-state index contributed by atoms with van der Waals surface area (Å²) < 4.78 is 0. The Hall–Kier alpha value is -0.0800. The third-order valence-electron chi connectivity index (χ3n) is 2.21. The number of rotatable bonds is 4. The van der Waals surface area contributed by atoms with E-state index in [1.54, 1.807) is 0 Å². The molecule has 0 aliphatic carbocycles. The van der Waals surface area contributed by atoms with Gasteiger partial charge in [-0.05, 0) is 27.7 Å². The van der Waals surface area contributed by atoms with E-state index < -0.39 is 0 Å². The van der Waals surface area contributed by atoms with Crippen LogP contribution in [0.1, 0.15) is 27.7 Å². The van der Waals surface area contributed by atoms with E-state index in [0.717, 1.165) is 13.1 Å². The molecule has 0 aliphatic heterocycles. The van der Waals surface area contributed by atoms with Crippen LogP contribution in [0.5, 0.6) is 0 Å². The fourth-order valence-electron chi connectivity index (χ4n) is 1.32. The summed E-state index contributed by atoms with van der Waals surface area (Å²) in [5.41, 5.74) is 0.0312. The minimum Gasteiger partial charge on any atom is -0.390 e. The lowest BCUT2D eigenvalue weighted by Gasteiger charge is -2.31. The summed E-state index contributed by atoms with van der Waals surface area (Å²) in [7, 11) is 0. The maximum Gasteiger partial charge on any atom is 0.115 e. The fourth-order valence-corrected chi connectivity index (χ4v) is 1.32. The predicted molar refractivity (Wildman–Crippen MR) is 43.2 cm³/mol. The minimum atomic E-state index is 0.0312. The Morgan fingerprint density at radius 1 is 1.20 bits per heavy atom. The smallest absolute Gasteiger partial charge is 0.115 e. The quantitative estimate of drug-likeness (QED) is 0.558. The highest BCUT2D eigenvalue weighted by Gasteiger charge is 2.26. The maximum absolute atomic E-state index is 9.01. The molecule has 2 nitrogen and oxygen atoms in total. The molecule has 2 N–H and O–H groups in total. The standard InChI is InChI=1S/C8H19NO/c1-5-9(6-2)8(3,4)7-10/h10H,5-7H2,1-4H3/p+1. The number of nitrogens with one attached hydrogen (secondary N) is 1. The second-order valence-electron chi connectivity index (χ2n) is 3.35. The van der Waals surface area contributed by atoms with Crippen LogP contribution in [0.4, 0.5) is 0 Å². The summed E-state index contributed by atoms with van der Waals surface area (Å²) >= 11 is 0. The van der Waals surface area contributed by atoms with Crippen LogP contribution in [0.2, 0.25) is 0 Å². The van der Waals surface area contributed by atoms with Crippen LogP contribution in [-0.4, -0.2) is 30.3 Å². The summed E-state index contributed by atoms with van der Waals surface area (Å²) in [6.45, 7) is 10.9. The minimum absolute atomic E-state index is 0.0312. The molecule has 0 aromatic rings. The number of aliphatic hydroxyl groups is 1. The van der Waals surface area contributed by atoms with Gasteiger partial charge in [0, 0.05) is 0 Å². The first kappa shape index (κ1) is 9.92. The van der Waals surface area contributed by atoms with Crippen molar-refractivity contribution < 1.29 is 10.0 Å². The highest BCUT2D eigenvalue weighted by Crippen LogP contribution is 1.92. The maximum atomic E-state index is 9.01. The first-order valence-electron chi connectivity index (χ1n) is 4.04. The average Bonchev–Trinajstić information content (AvgIpc) is 1.90. The molecule has 0 aromatic heterocycles. The van der Waals surface area contributed by atoms with Gasteiger partial charge in [0.1, 0.15) is 5.54 Å². The van der Waals surface area contributed by atoms with Crippen LogP contribution in [0, 0.1) is 0 Å². The van der Waals surface area contributed by atoms with Crippen molar-refractivity contribution >= 4 is 0 Å². The fraction of sp³-hybridized carbons (Fsp3) is 1.00. The molecule has 0 spiro atoms. The largest absolute Gasteiger partial charge is 0.390 e. The Bertz CT molecular complexity index is 87.3. The van der Waals surface area contributed by atoms with Gasteiger partial charge in [0.15, 0.2) is 0 Å². The second-order valence-corrected chi connectivity index (χ2v) is 3.35. The summed E-state index contributed by atoms with van der Waals surface area (Å²) in [5, 5.41) is 9.01. The van der Waals surface area contributed by atoms with Crippen molar-refractivity contribution in [3.63, 3.8) is 0 Å². The first-order chi connectivity index (χ1) is 4.58. The van der Waals surface area contributed by atoms with Crippen molar-refractivity contribution in [2.75, 3.05) is 19.7 Å². The highest BCUT2D eigenvalue weighted by molar-refractivity contribution is 4.62. The van der Waals surface area contributed by atoms with Gasteiger partial charge in [-0.2, -0.15) is 0 Å². The number of quaternary nitrogens is 1. The Labute approximate surface area is 63.8 Å². The van der Waals surface area contributed by atoms with Gasteiger partial charge in [0.05, 0.1) is 19.7 Å². The van der Waals surface area contributed by atoms with E-state index in [2.05, 4.69) is 27.7 Å². The summed E-state index contributed by atoms with van der Waals surface area (Å²) in [6.07, 6.45) is 0. The van der Waals surface area contributed by atoms with Crippen LogP contribution in [0.25, 0.3) is 0 Å². The molecule has 0 bridgehead atoms. The highest BCUT2D eigenvalue weighted by atomic mass is 16.3. The lowest BCUT2D eigenvalue weighted by Crippen LogP contribution is -3.19. The molecule has 0 saturated carbocycles. The van der Waals surface area contributed by atoms with E-state index in [4.69, 9.17) is 5.11 Å². The zero-order chi connectivity index (χ0) is 8.20. The summed E-state index contributed by atoms with van der Waals surface area (Å²) in [5.74, 6) is 0. The third-order valence-corrected chi connectivity index (χ3v) is 2.21. The Morgan fingerprint density at radius 2 is 1.60 bits per heavy atom. The van der Waals surface area contributed by atoms with E-state index in [1.807, 2.05) is 0 Å². The molecule has 0 rings (SSSR count). The Morgan fingerprint density at radius 3 is 1.70 bits per heavy atom. The van der Waals surface area contributed by atoms with E-state index in [9.17, 15) is 0 Å². The number of hydrogen-bond acceptors (Lipinski definition) is 1. The number of aliphatic hydroxyl groups excluding tert-OH is 1. The van der Waals surface area contributed by atoms with Gasteiger partial charge in [-0.15, -0.1) is 0 Å². The third kappa shape index (κ3) is 2.27. The lowest BCUT2D eigenvalue weighted by molar-refractivity contribution is -0.946. The van der Waals surface area contributed by atoms with E-state index in [-0.39, 0.29) is 12.1 Å². The molecular weight excluding hydrogens is 126 g/mol. The topological polar surface area (TPSA) is 24.7 Å². The summed E-state index contributed by atoms with van der Waals surface area (Å²) in [4.78, 5) is 1.45. The Kier molecular flexibility index (Phi) is 3.91. The van der Waals surface area contributed by atoms with Crippen molar-refractivity contribution in [1.29, 1.82) is 0 Å². The van der Waals surface area contributed by atoms with Gasteiger partial charge in [-0.3, -0.25) is 0 Å². The van der Waals surface area contributed by atoms with Crippen LogP contribution in [0.15, 0.2) is 0 Å². The molecule has 0 atom stereocenters. The van der Waals surface area contributed by atoms with Gasteiger partial charge >= 0.3 is 0 Å². The number of likely N-dealkylation sites (N-methyl/N-ethyl adjacent to an activating group) is 1. The predicted octanol–water partition coefficient (Wildman–Crippen LogP) is -0.318. The van der Waals surface area contributed by atoms with Gasteiger partial charge in [-0.1, -0.05) is 0 Å². The average molecular weight is 146 g/mol. The molecule has 0 unspecified atom stereocenters. The molecule has 0 saturated heterocycles. The van der Waals surface area contributed by atoms with Gasteiger partial charge in [0.2, 0.25) is 0 Å². The molecule has 0 fully saturated rings. The molecule has 0 heterocycles. The SMILES string of the molecule is CC[NH+](CC)C(C)(C)CO. The normalized spacial score (nSPS) is 12.6. The van der Waals surface area contributed by atoms with Gasteiger partial charge < -0.3 is 10.0 Å². The van der Waals surface area contributed by atoms with Crippen LogP contribution in [0.3, 0.4) is 0 Å². The van der Waals surface area contributed by atoms with Crippen molar-refractivity contribution in [3.05, 3.63) is 0 Å². The zero-order valence-electron chi connectivity index (χ0n) is 7.57. The molecule has 62 valence electrons. The molecule has 0 aliphatic rings. The molecular formula is C8H20NO+. The van der Waals surface area contributed by atoms with E-state index >= 15 is 0 Å². The molecule has 0 radical (unpaired) electrons. The molecule has 10 heavy (non-hydrogen) atoms.